The molecule has 3 N–H and O–H groups in total. The van der Waals surface area contributed by atoms with Crippen LogP contribution >= 0.6 is 0 Å². The van der Waals surface area contributed by atoms with E-state index in [9.17, 15) is 19.8 Å². The van der Waals surface area contributed by atoms with Gasteiger partial charge in [0.25, 0.3) is 0 Å². The predicted octanol–water partition coefficient (Wildman–Crippen LogP) is 19.0. The summed E-state index contributed by atoms with van der Waals surface area (Å²) in [5.74, 6) is -0.0709. The summed E-state index contributed by atoms with van der Waals surface area (Å²) in [6.45, 7) is 4.92. The molecule has 1 amide bonds. The van der Waals surface area contributed by atoms with Crippen LogP contribution in [-0.4, -0.2) is 47.4 Å². The maximum atomic E-state index is 12.5. The van der Waals surface area contributed by atoms with Crippen molar-refractivity contribution in [1.29, 1.82) is 0 Å². The van der Waals surface area contributed by atoms with Crippen molar-refractivity contribution in [2.45, 2.75) is 347 Å². The molecule has 0 rings (SSSR count). The number of allylic oxidation sites excluding steroid dienone is 4. The number of hydrogen-bond acceptors (Lipinski definition) is 5. The van der Waals surface area contributed by atoms with Crippen LogP contribution in [0.5, 0.6) is 0 Å². The number of nitrogens with one attached hydrogen (secondary N) is 1. The minimum atomic E-state index is -0.678. The smallest absolute Gasteiger partial charge is 0.305 e. The number of unbranched alkanes of at least 4 members (excludes halogenated alkanes) is 42. The molecule has 2 atom stereocenters. The Morgan fingerprint density at radius 3 is 1.13 bits per heavy atom. The number of ether oxygens (including phenoxy) is 1. The van der Waals surface area contributed by atoms with Crippen LogP contribution in [0.4, 0.5) is 0 Å². The predicted molar refractivity (Wildman–Crippen MR) is 296 cm³/mol. The lowest BCUT2D eigenvalue weighted by Gasteiger charge is -2.22. The largest absolute Gasteiger partial charge is 0.466 e. The molecule has 6 heteroatoms. The zero-order valence-electron chi connectivity index (χ0n) is 45.9. The lowest BCUT2D eigenvalue weighted by Crippen LogP contribution is -2.45. The van der Waals surface area contributed by atoms with Gasteiger partial charge in [-0.05, 0) is 57.8 Å². The van der Waals surface area contributed by atoms with E-state index in [1.165, 1.54) is 238 Å². The molecule has 0 aromatic heterocycles. The molecule has 0 aliphatic rings. The maximum absolute atomic E-state index is 12.5. The van der Waals surface area contributed by atoms with Crippen LogP contribution in [0.15, 0.2) is 24.3 Å². The minimum absolute atomic E-state index is 0.0198. The van der Waals surface area contributed by atoms with Gasteiger partial charge in [0.15, 0.2) is 0 Å². The van der Waals surface area contributed by atoms with Crippen LogP contribution < -0.4 is 5.32 Å². The third-order valence-corrected chi connectivity index (χ3v) is 14.3. The molecule has 0 spiro atoms. The van der Waals surface area contributed by atoms with Crippen molar-refractivity contribution in [3.63, 3.8) is 0 Å². The zero-order chi connectivity index (χ0) is 49.3. The molecular formula is C62H119NO5. The molecule has 0 heterocycles. The van der Waals surface area contributed by atoms with Crippen LogP contribution in [0.25, 0.3) is 0 Å². The Kier molecular flexibility index (Phi) is 56.5. The number of rotatable bonds is 57. The Morgan fingerprint density at radius 2 is 0.735 bits per heavy atom. The van der Waals surface area contributed by atoms with Gasteiger partial charge in [-0.2, -0.15) is 0 Å². The summed E-state index contributed by atoms with van der Waals surface area (Å²) in [7, 11) is 0. The molecule has 2 unspecified atom stereocenters. The van der Waals surface area contributed by atoms with Gasteiger partial charge in [0.1, 0.15) is 0 Å². The summed E-state index contributed by atoms with van der Waals surface area (Å²) in [5.41, 5.74) is 0. The van der Waals surface area contributed by atoms with E-state index in [0.717, 1.165) is 64.2 Å². The number of carbonyl (C=O) groups is 2. The second-order valence-corrected chi connectivity index (χ2v) is 21.0. The fourth-order valence-electron chi connectivity index (χ4n) is 9.55. The first-order chi connectivity index (χ1) is 33.5. The average molecular weight is 959 g/mol. The van der Waals surface area contributed by atoms with Gasteiger partial charge in [0.2, 0.25) is 5.91 Å². The van der Waals surface area contributed by atoms with Gasteiger partial charge in [-0.1, -0.05) is 289 Å². The Hall–Kier alpha value is -1.66. The Balaban J connectivity index is 3.45. The van der Waals surface area contributed by atoms with Crippen molar-refractivity contribution in [2.75, 3.05) is 13.2 Å². The van der Waals surface area contributed by atoms with Gasteiger partial charge < -0.3 is 20.3 Å². The van der Waals surface area contributed by atoms with E-state index in [-0.39, 0.29) is 18.5 Å². The molecule has 0 fully saturated rings. The lowest BCUT2D eigenvalue weighted by atomic mass is 10.0. The molecule has 0 aromatic rings. The van der Waals surface area contributed by atoms with Gasteiger partial charge in [0, 0.05) is 12.8 Å². The molecule has 402 valence electrons. The third kappa shape index (κ3) is 53.7. The van der Waals surface area contributed by atoms with Crippen molar-refractivity contribution in [1.82, 2.24) is 5.32 Å². The van der Waals surface area contributed by atoms with Gasteiger partial charge in [0.05, 0.1) is 25.4 Å². The summed E-state index contributed by atoms with van der Waals surface area (Å²) in [4.78, 5) is 24.6. The van der Waals surface area contributed by atoms with Crippen molar-refractivity contribution in [2.24, 2.45) is 0 Å². The number of esters is 1. The average Bonchev–Trinajstić information content (AvgIpc) is 3.34. The number of carbonyl (C=O) groups excluding carboxylic acids is 2. The van der Waals surface area contributed by atoms with Crippen molar-refractivity contribution < 1.29 is 24.5 Å². The van der Waals surface area contributed by atoms with Crippen LogP contribution in [-0.2, 0) is 14.3 Å². The van der Waals surface area contributed by atoms with Gasteiger partial charge in [-0.3, -0.25) is 9.59 Å². The molecule has 0 radical (unpaired) electrons. The Labute approximate surface area is 424 Å². The summed E-state index contributed by atoms with van der Waals surface area (Å²) < 4.78 is 5.48. The number of aliphatic hydroxyl groups excluding tert-OH is 2. The SMILES string of the molecule is CCCCCC/C=C\C/C=C\CCCCCCCCCC(=O)OCCCCCCCCCCCCCC(=O)NC(CO)C(O)CCCCCCCCCCCCCCCCCCCCCCCC. The second-order valence-electron chi connectivity index (χ2n) is 21.0. The van der Waals surface area contributed by atoms with E-state index < -0.39 is 12.1 Å². The number of amides is 1. The monoisotopic (exact) mass is 958 g/mol. The standard InChI is InChI=1S/C62H119NO5/c1-3-5-7-9-11-13-15-17-19-21-23-24-25-26-27-29-31-34-38-42-46-50-54-60(65)59(58-64)63-61(66)55-51-47-43-39-35-33-37-41-45-49-53-57-68-62(67)56-52-48-44-40-36-32-30-28-22-20-18-16-14-12-10-8-6-4-2/h14,16,20,22,59-60,64-65H,3-13,15,17-19,21,23-58H2,1-2H3,(H,63,66)/b16-14-,22-20-. The van der Waals surface area contributed by atoms with E-state index in [2.05, 4.69) is 43.5 Å². The van der Waals surface area contributed by atoms with Crippen molar-refractivity contribution >= 4 is 11.9 Å². The highest BCUT2D eigenvalue weighted by atomic mass is 16.5. The molecule has 68 heavy (non-hydrogen) atoms. The first kappa shape index (κ1) is 66.3. The fourth-order valence-corrected chi connectivity index (χ4v) is 9.55. The highest BCUT2D eigenvalue weighted by Crippen LogP contribution is 2.18. The first-order valence-electron chi connectivity index (χ1n) is 30.6. The quantitative estimate of drug-likeness (QED) is 0.0321. The molecule has 0 aliphatic carbocycles. The fraction of sp³-hybridized carbons (Fsp3) is 0.903. The molecular weight excluding hydrogens is 839 g/mol. The topological polar surface area (TPSA) is 95.9 Å². The lowest BCUT2D eigenvalue weighted by molar-refractivity contribution is -0.143. The summed E-state index contributed by atoms with van der Waals surface area (Å²) in [6, 6.07) is -0.557. The third-order valence-electron chi connectivity index (χ3n) is 14.3. The first-order valence-corrected chi connectivity index (χ1v) is 30.6. The highest BCUT2D eigenvalue weighted by molar-refractivity contribution is 5.76. The molecule has 0 saturated heterocycles. The molecule has 0 bridgehead atoms. The van der Waals surface area contributed by atoms with Gasteiger partial charge in [-0.15, -0.1) is 0 Å². The van der Waals surface area contributed by atoms with E-state index in [4.69, 9.17) is 4.74 Å². The van der Waals surface area contributed by atoms with E-state index in [1.807, 2.05) is 0 Å². The number of aliphatic hydroxyl groups is 2. The maximum Gasteiger partial charge on any atom is 0.305 e. The Morgan fingerprint density at radius 1 is 0.412 bits per heavy atom. The summed E-state index contributed by atoms with van der Waals surface area (Å²) >= 11 is 0. The van der Waals surface area contributed by atoms with Crippen molar-refractivity contribution in [3.8, 4) is 0 Å². The van der Waals surface area contributed by atoms with E-state index in [0.29, 0.717) is 25.9 Å². The van der Waals surface area contributed by atoms with Gasteiger partial charge in [-0.25, -0.2) is 0 Å². The van der Waals surface area contributed by atoms with Crippen LogP contribution in [0.3, 0.4) is 0 Å². The van der Waals surface area contributed by atoms with Crippen LogP contribution in [0.1, 0.15) is 335 Å². The molecule has 6 nitrogen and oxygen atoms in total. The summed E-state index contributed by atoms with van der Waals surface area (Å²) in [6.07, 6.45) is 70.3. The molecule has 0 saturated carbocycles. The van der Waals surface area contributed by atoms with Crippen molar-refractivity contribution in [3.05, 3.63) is 24.3 Å². The Bertz CT molecular complexity index is 1060. The number of hydrogen-bond donors (Lipinski definition) is 3. The molecule has 0 aromatic carbocycles. The minimum Gasteiger partial charge on any atom is -0.466 e. The zero-order valence-corrected chi connectivity index (χ0v) is 45.9. The highest BCUT2D eigenvalue weighted by Gasteiger charge is 2.20. The molecule has 0 aliphatic heterocycles. The van der Waals surface area contributed by atoms with Gasteiger partial charge >= 0.3 is 5.97 Å². The van der Waals surface area contributed by atoms with E-state index in [1.54, 1.807) is 0 Å². The van der Waals surface area contributed by atoms with Crippen LogP contribution in [0, 0.1) is 0 Å². The van der Waals surface area contributed by atoms with E-state index >= 15 is 0 Å². The second kappa shape index (κ2) is 57.9. The van der Waals surface area contributed by atoms with Crippen LogP contribution in [0.2, 0.25) is 0 Å². The normalized spacial score (nSPS) is 12.7. The summed E-state index contributed by atoms with van der Waals surface area (Å²) in [5, 5.41) is 23.4.